The van der Waals surface area contributed by atoms with E-state index in [9.17, 15) is 14.4 Å². The van der Waals surface area contributed by atoms with Gasteiger partial charge in [0.2, 0.25) is 0 Å². The third-order valence-corrected chi connectivity index (χ3v) is 4.79. The quantitative estimate of drug-likeness (QED) is 0.777. The fourth-order valence-corrected chi connectivity index (χ4v) is 3.32. The second-order valence-corrected chi connectivity index (χ2v) is 7.64. The van der Waals surface area contributed by atoms with E-state index in [1.54, 1.807) is 30.2 Å². The molecule has 1 N–H and O–H groups in total. The van der Waals surface area contributed by atoms with Crippen LogP contribution in [0.25, 0.3) is 0 Å². The Hall–Kier alpha value is -1.41. The first kappa shape index (κ1) is 17.0. The zero-order valence-corrected chi connectivity index (χ0v) is 14.9. The zero-order valence-electron chi connectivity index (χ0n) is 12.5. The van der Waals surface area contributed by atoms with Gasteiger partial charge in [0.15, 0.2) is 0 Å². The summed E-state index contributed by atoms with van der Waals surface area (Å²) in [5.74, 6) is -1.16. The number of rotatable bonds is 2. The monoisotopic (exact) mass is 387 g/mol. The minimum Gasteiger partial charge on any atom is -0.346 e. The van der Waals surface area contributed by atoms with Crippen LogP contribution in [0.1, 0.15) is 24.2 Å². The molecule has 0 bridgehead atoms. The molecule has 0 radical (unpaired) electrons. The van der Waals surface area contributed by atoms with Gasteiger partial charge in [0.1, 0.15) is 0 Å². The summed E-state index contributed by atoms with van der Waals surface area (Å²) in [6, 6.07) is 1.72. The summed E-state index contributed by atoms with van der Waals surface area (Å²) < 4.78 is 0.912. The normalized spacial score (nSPS) is 15.1. The van der Waals surface area contributed by atoms with E-state index in [-0.39, 0.29) is 11.9 Å². The van der Waals surface area contributed by atoms with Gasteiger partial charge >= 0.3 is 11.8 Å². The van der Waals surface area contributed by atoms with Crippen LogP contribution in [-0.2, 0) is 9.59 Å². The first-order valence-electron chi connectivity index (χ1n) is 7.01. The molecule has 2 heterocycles. The highest BCUT2D eigenvalue weighted by atomic mass is 79.9. The second-order valence-electron chi connectivity index (χ2n) is 5.35. The van der Waals surface area contributed by atoms with Crippen molar-refractivity contribution in [2.75, 3.05) is 26.2 Å². The van der Waals surface area contributed by atoms with Crippen molar-refractivity contribution < 1.29 is 14.4 Å². The molecule has 1 aliphatic rings. The fourth-order valence-electron chi connectivity index (χ4n) is 2.18. The molecule has 0 saturated carbocycles. The van der Waals surface area contributed by atoms with Crippen molar-refractivity contribution in [2.24, 2.45) is 0 Å². The van der Waals surface area contributed by atoms with Crippen LogP contribution in [0, 0.1) is 0 Å². The second kappa shape index (κ2) is 7.23. The summed E-state index contributed by atoms with van der Waals surface area (Å²) in [6.45, 7) is 5.24. The van der Waals surface area contributed by atoms with E-state index in [2.05, 4.69) is 21.2 Å². The molecule has 1 aliphatic heterocycles. The maximum Gasteiger partial charge on any atom is 0.312 e. The molecule has 1 aromatic heterocycles. The topological polar surface area (TPSA) is 69.7 Å². The van der Waals surface area contributed by atoms with Crippen LogP contribution in [-0.4, -0.2) is 59.7 Å². The van der Waals surface area contributed by atoms with Crippen LogP contribution in [0.2, 0.25) is 0 Å². The van der Waals surface area contributed by atoms with E-state index in [0.717, 1.165) is 3.79 Å². The Kier molecular flexibility index (Phi) is 5.57. The Bertz CT molecular complexity index is 580. The summed E-state index contributed by atoms with van der Waals surface area (Å²) in [7, 11) is 0. The smallest absolute Gasteiger partial charge is 0.312 e. The SMILES string of the molecule is CC(C)NC(=O)C(=O)N1CCN(C(=O)c2csc(Br)c2)CC1. The number of thiophene rings is 1. The van der Waals surface area contributed by atoms with Crippen molar-refractivity contribution in [3.05, 3.63) is 20.8 Å². The van der Waals surface area contributed by atoms with Crippen LogP contribution in [0.5, 0.6) is 0 Å². The van der Waals surface area contributed by atoms with Crippen LogP contribution in [0.4, 0.5) is 0 Å². The number of piperazine rings is 1. The Labute approximate surface area is 141 Å². The number of halogens is 1. The van der Waals surface area contributed by atoms with Gasteiger partial charge in [-0.25, -0.2) is 0 Å². The largest absolute Gasteiger partial charge is 0.346 e. The van der Waals surface area contributed by atoms with E-state index in [0.29, 0.717) is 31.7 Å². The Morgan fingerprint density at radius 2 is 1.77 bits per heavy atom. The minimum absolute atomic E-state index is 0.0410. The van der Waals surface area contributed by atoms with Gasteiger partial charge in [-0.2, -0.15) is 0 Å². The first-order chi connectivity index (χ1) is 10.4. The maximum atomic E-state index is 12.3. The lowest BCUT2D eigenvalue weighted by Gasteiger charge is -2.34. The van der Waals surface area contributed by atoms with Crippen LogP contribution in [0.15, 0.2) is 15.2 Å². The summed E-state index contributed by atoms with van der Waals surface area (Å²) in [5.41, 5.74) is 0.647. The maximum absolute atomic E-state index is 12.3. The number of carbonyl (C=O) groups is 3. The molecule has 6 nitrogen and oxygen atoms in total. The van der Waals surface area contributed by atoms with E-state index in [4.69, 9.17) is 0 Å². The Balaban J connectivity index is 1.89. The first-order valence-corrected chi connectivity index (χ1v) is 8.69. The van der Waals surface area contributed by atoms with Crippen LogP contribution < -0.4 is 5.32 Å². The average Bonchev–Trinajstić information content (AvgIpc) is 2.91. The van der Waals surface area contributed by atoms with Crippen molar-refractivity contribution in [1.82, 2.24) is 15.1 Å². The molecule has 120 valence electrons. The molecule has 1 fully saturated rings. The molecule has 0 aromatic carbocycles. The van der Waals surface area contributed by atoms with Gasteiger partial charge in [0.25, 0.3) is 5.91 Å². The minimum atomic E-state index is -0.587. The number of carbonyl (C=O) groups excluding carboxylic acids is 3. The molecule has 0 aliphatic carbocycles. The highest BCUT2D eigenvalue weighted by molar-refractivity contribution is 9.11. The highest BCUT2D eigenvalue weighted by Gasteiger charge is 2.28. The van der Waals surface area contributed by atoms with Gasteiger partial charge < -0.3 is 15.1 Å². The van der Waals surface area contributed by atoms with Crippen molar-refractivity contribution in [1.29, 1.82) is 0 Å². The molecule has 0 unspecified atom stereocenters. The molecule has 22 heavy (non-hydrogen) atoms. The van der Waals surface area contributed by atoms with Crippen molar-refractivity contribution in [2.45, 2.75) is 19.9 Å². The van der Waals surface area contributed by atoms with E-state index < -0.39 is 11.8 Å². The molecule has 2 rings (SSSR count). The number of hydrogen-bond donors (Lipinski definition) is 1. The van der Waals surface area contributed by atoms with Crippen molar-refractivity contribution >= 4 is 45.0 Å². The molecular weight excluding hydrogens is 370 g/mol. The Morgan fingerprint density at radius 1 is 1.18 bits per heavy atom. The lowest BCUT2D eigenvalue weighted by molar-refractivity contribution is -0.147. The van der Waals surface area contributed by atoms with Crippen molar-refractivity contribution in [3.63, 3.8) is 0 Å². The van der Waals surface area contributed by atoms with Crippen molar-refractivity contribution in [3.8, 4) is 0 Å². The number of nitrogens with zero attached hydrogens (tertiary/aromatic N) is 2. The standard InChI is InChI=1S/C14H18BrN3O3S/c1-9(2)16-12(19)14(21)18-5-3-17(4-6-18)13(20)10-7-11(15)22-8-10/h7-9H,3-6H2,1-2H3,(H,16,19). The molecule has 1 aromatic rings. The predicted octanol–water partition coefficient (Wildman–Crippen LogP) is 1.32. The van der Waals surface area contributed by atoms with Crippen LogP contribution in [0.3, 0.4) is 0 Å². The summed E-state index contributed by atoms with van der Waals surface area (Å²) in [6.07, 6.45) is 0. The molecule has 0 spiro atoms. The highest BCUT2D eigenvalue weighted by Crippen LogP contribution is 2.22. The Morgan fingerprint density at radius 3 is 2.27 bits per heavy atom. The lowest BCUT2D eigenvalue weighted by atomic mass is 10.2. The van der Waals surface area contributed by atoms with Gasteiger partial charge in [-0.3, -0.25) is 14.4 Å². The van der Waals surface area contributed by atoms with Gasteiger partial charge in [0, 0.05) is 37.6 Å². The molecular formula is C14H18BrN3O3S. The van der Waals surface area contributed by atoms with Gasteiger partial charge in [-0.05, 0) is 35.8 Å². The third kappa shape index (κ3) is 4.07. The summed E-state index contributed by atoms with van der Waals surface area (Å²) >= 11 is 4.80. The van der Waals surface area contributed by atoms with Gasteiger partial charge in [0.05, 0.1) is 9.35 Å². The van der Waals surface area contributed by atoms with Gasteiger partial charge in [-0.15, -0.1) is 11.3 Å². The summed E-state index contributed by atoms with van der Waals surface area (Å²) in [4.78, 5) is 39.2. The molecule has 1 saturated heterocycles. The van der Waals surface area contributed by atoms with E-state index in [1.165, 1.54) is 16.2 Å². The number of nitrogens with one attached hydrogen (secondary N) is 1. The van der Waals surface area contributed by atoms with E-state index >= 15 is 0 Å². The molecule has 0 atom stereocenters. The number of hydrogen-bond acceptors (Lipinski definition) is 4. The predicted molar refractivity (Wildman–Crippen MR) is 87.8 cm³/mol. The lowest BCUT2D eigenvalue weighted by Crippen LogP contribution is -2.54. The third-order valence-electron chi connectivity index (χ3n) is 3.28. The molecule has 8 heteroatoms. The average molecular weight is 388 g/mol. The van der Waals surface area contributed by atoms with Gasteiger partial charge in [-0.1, -0.05) is 0 Å². The zero-order chi connectivity index (χ0) is 16.3. The fraction of sp³-hybridized carbons (Fsp3) is 0.500. The van der Waals surface area contributed by atoms with Crippen LogP contribution >= 0.6 is 27.3 Å². The van der Waals surface area contributed by atoms with E-state index in [1.807, 2.05) is 0 Å². The molecule has 3 amide bonds. The summed E-state index contributed by atoms with van der Waals surface area (Å²) in [5, 5.41) is 4.39. The number of amides is 3.